The summed E-state index contributed by atoms with van der Waals surface area (Å²) in [6, 6.07) is -0.815. The van der Waals surface area contributed by atoms with Gasteiger partial charge in [0.25, 0.3) is 0 Å². The average Bonchev–Trinajstić information content (AvgIpc) is 2.37. The third-order valence-electron chi connectivity index (χ3n) is 3.33. The maximum atomic E-state index is 12.0. The molecule has 0 aliphatic carbocycles. The van der Waals surface area contributed by atoms with Gasteiger partial charge in [-0.15, -0.1) is 0 Å². The minimum Gasteiger partial charge on any atom is -0.480 e. The van der Waals surface area contributed by atoms with Crippen molar-refractivity contribution in [3.63, 3.8) is 0 Å². The topological polar surface area (TPSA) is 69.6 Å². The van der Waals surface area contributed by atoms with E-state index < -0.39 is 12.0 Å². The molecule has 6 heteroatoms. The Morgan fingerprint density at radius 1 is 1.50 bits per heavy atom. The van der Waals surface area contributed by atoms with Gasteiger partial charge in [-0.1, -0.05) is 6.92 Å². The molecule has 2 N–H and O–H groups in total. The first kappa shape index (κ1) is 15.3. The van der Waals surface area contributed by atoms with Crippen LogP contribution in [0.2, 0.25) is 0 Å². The van der Waals surface area contributed by atoms with Crippen LogP contribution in [0, 0.1) is 0 Å². The number of aliphatic carboxylic acids is 1. The van der Waals surface area contributed by atoms with Crippen LogP contribution in [-0.2, 0) is 9.59 Å². The fourth-order valence-electron chi connectivity index (χ4n) is 1.91. The summed E-state index contributed by atoms with van der Waals surface area (Å²) in [6.07, 6.45) is 0.872. The molecule has 104 valence electrons. The van der Waals surface area contributed by atoms with Crippen molar-refractivity contribution in [3.05, 3.63) is 0 Å². The molecule has 1 amide bonds. The number of thioether (sulfide) groups is 1. The van der Waals surface area contributed by atoms with Crippen LogP contribution in [0.15, 0.2) is 0 Å². The Kier molecular flexibility index (Phi) is 5.95. The van der Waals surface area contributed by atoms with Gasteiger partial charge in [0.2, 0.25) is 5.91 Å². The lowest BCUT2D eigenvalue weighted by molar-refractivity contribution is -0.144. The second-order valence-corrected chi connectivity index (χ2v) is 5.81. The van der Waals surface area contributed by atoms with Gasteiger partial charge in [0.05, 0.1) is 6.04 Å². The van der Waals surface area contributed by atoms with Gasteiger partial charge in [0, 0.05) is 24.1 Å². The first-order chi connectivity index (χ1) is 8.47. The van der Waals surface area contributed by atoms with Gasteiger partial charge in [0.15, 0.2) is 0 Å². The quantitative estimate of drug-likeness (QED) is 0.776. The second kappa shape index (κ2) is 6.99. The molecule has 0 aromatic heterocycles. The average molecular weight is 274 g/mol. The molecule has 1 aliphatic heterocycles. The number of amides is 1. The van der Waals surface area contributed by atoms with Crippen molar-refractivity contribution in [2.75, 3.05) is 18.1 Å². The molecule has 5 nitrogen and oxygen atoms in total. The highest BCUT2D eigenvalue weighted by Crippen LogP contribution is 2.19. The van der Waals surface area contributed by atoms with E-state index in [1.165, 1.54) is 0 Å². The summed E-state index contributed by atoms with van der Waals surface area (Å²) in [5.74, 6) is 0.508. The number of nitrogens with one attached hydrogen (secondary N) is 1. The van der Waals surface area contributed by atoms with E-state index in [4.69, 9.17) is 0 Å². The predicted octanol–water partition coefficient (Wildman–Crippen LogP) is 0.792. The number of carbonyl (C=O) groups excluding carboxylic acids is 1. The Morgan fingerprint density at radius 3 is 2.72 bits per heavy atom. The maximum Gasteiger partial charge on any atom is 0.321 e. The number of hydrogen-bond acceptors (Lipinski definition) is 4. The maximum absolute atomic E-state index is 12.0. The van der Waals surface area contributed by atoms with Gasteiger partial charge in [0.1, 0.15) is 6.04 Å². The van der Waals surface area contributed by atoms with E-state index in [1.807, 2.05) is 13.8 Å². The molecule has 0 radical (unpaired) electrons. The first-order valence-electron chi connectivity index (χ1n) is 6.34. The largest absolute Gasteiger partial charge is 0.480 e. The summed E-state index contributed by atoms with van der Waals surface area (Å²) < 4.78 is 0. The summed E-state index contributed by atoms with van der Waals surface area (Å²) in [7, 11) is 0. The third kappa shape index (κ3) is 3.88. The zero-order valence-electron chi connectivity index (χ0n) is 11.2. The van der Waals surface area contributed by atoms with Crippen LogP contribution >= 0.6 is 11.8 Å². The van der Waals surface area contributed by atoms with Gasteiger partial charge in [-0.3, -0.25) is 14.5 Å². The van der Waals surface area contributed by atoms with Gasteiger partial charge in [-0.2, -0.15) is 11.8 Å². The zero-order valence-corrected chi connectivity index (χ0v) is 12.0. The Hall–Kier alpha value is -0.750. The molecule has 0 saturated carbocycles. The van der Waals surface area contributed by atoms with E-state index in [-0.39, 0.29) is 18.0 Å². The van der Waals surface area contributed by atoms with Crippen molar-refractivity contribution < 1.29 is 14.7 Å². The Balaban J connectivity index is 2.65. The summed E-state index contributed by atoms with van der Waals surface area (Å²) in [5.41, 5.74) is 0. The highest BCUT2D eigenvalue weighted by atomic mass is 32.2. The highest BCUT2D eigenvalue weighted by molar-refractivity contribution is 7.99. The van der Waals surface area contributed by atoms with Crippen LogP contribution in [-0.4, -0.2) is 58.1 Å². The standard InChI is InChI=1S/C12H22N2O3S/c1-4-8(2)13-11(15)9(3)14-5-6-18-7-10(14)12(16)17/h8-10H,4-7H2,1-3H3,(H,13,15)(H,16,17). The van der Waals surface area contributed by atoms with Crippen molar-refractivity contribution in [3.8, 4) is 0 Å². The van der Waals surface area contributed by atoms with E-state index in [1.54, 1.807) is 23.6 Å². The van der Waals surface area contributed by atoms with Gasteiger partial charge >= 0.3 is 5.97 Å². The minimum absolute atomic E-state index is 0.0810. The fourth-order valence-corrected chi connectivity index (χ4v) is 2.97. The number of rotatable bonds is 5. The number of nitrogens with zero attached hydrogens (tertiary/aromatic N) is 1. The van der Waals surface area contributed by atoms with Crippen LogP contribution in [0.25, 0.3) is 0 Å². The van der Waals surface area contributed by atoms with Crippen LogP contribution in [0.3, 0.4) is 0 Å². The number of carbonyl (C=O) groups is 2. The fraction of sp³-hybridized carbons (Fsp3) is 0.833. The number of hydrogen-bond donors (Lipinski definition) is 2. The summed E-state index contributed by atoms with van der Waals surface area (Å²) in [6.45, 7) is 6.39. The highest BCUT2D eigenvalue weighted by Gasteiger charge is 2.34. The molecule has 18 heavy (non-hydrogen) atoms. The molecule has 3 unspecified atom stereocenters. The van der Waals surface area contributed by atoms with Gasteiger partial charge in [-0.05, 0) is 20.3 Å². The zero-order chi connectivity index (χ0) is 13.7. The molecule has 0 bridgehead atoms. The van der Waals surface area contributed by atoms with E-state index in [9.17, 15) is 14.7 Å². The molecule has 1 rings (SSSR count). The van der Waals surface area contributed by atoms with Crippen LogP contribution in [0.5, 0.6) is 0 Å². The second-order valence-electron chi connectivity index (χ2n) is 4.66. The molecule has 0 aromatic rings. The van der Waals surface area contributed by atoms with Crippen LogP contribution in [0.4, 0.5) is 0 Å². The lowest BCUT2D eigenvalue weighted by atomic mass is 10.1. The van der Waals surface area contributed by atoms with Crippen molar-refractivity contribution in [1.82, 2.24) is 10.2 Å². The molecule has 0 aromatic carbocycles. The summed E-state index contributed by atoms with van der Waals surface area (Å²) >= 11 is 1.63. The van der Waals surface area contributed by atoms with Crippen molar-refractivity contribution in [2.24, 2.45) is 0 Å². The van der Waals surface area contributed by atoms with E-state index >= 15 is 0 Å². The SMILES string of the molecule is CCC(C)NC(=O)C(C)N1CCSCC1C(=O)O. The lowest BCUT2D eigenvalue weighted by Gasteiger charge is -2.36. The summed E-state index contributed by atoms with van der Waals surface area (Å²) in [4.78, 5) is 25.0. The molecule has 1 saturated heterocycles. The number of carboxylic acids is 1. The van der Waals surface area contributed by atoms with Gasteiger partial charge in [-0.25, -0.2) is 0 Å². The lowest BCUT2D eigenvalue weighted by Crippen LogP contribution is -2.56. The van der Waals surface area contributed by atoms with E-state index in [0.29, 0.717) is 12.3 Å². The van der Waals surface area contributed by atoms with Crippen molar-refractivity contribution >= 4 is 23.6 Å². The number of carboxylic acid groups (broad SMARTS) is 1. The van der Waals surface area contributed by atoms with Crippen molar-refractivity contribution in [1.29, 1.82) is 0 Å². The monoisotopic (exact) mass is 274 g/mol. The first-order valence-corrected chi connectivity index (χ1v) is 7.49. The molecule has 0 spiro atoms. The Morgan fingerprint density at radius 2 is 2.17 bits per heavy atom. The minimum atomic E-state index is -0.842. The summed E-state index contributed by atoms with van der Waals surface area (Å²) in [5, 5.41) is 12.1. The van der Waals surface area contributed by atoms with Crippen LogP contribution in [0.1, 0.15) is 27.2 Å². The smallest absolute Gasteiger partial charge is 0.321 e. The Bertz CT molecular complexity index is 312. The third-order valence-corrected chi connectivity index (χ3v) is 4.36. The normalized spacial score (nSPS) is 24.3. The predicted molar refractivity (Wildman–Crippen MR) is 72.8 cm³/mol. The van der Waals surface area contributed by atoms with E-state index in [0.717, 1.165) is 12.2 Å². The van der Waals surface area contributed by atoms with Crippen LogP contribution < -0.4 is 5.32 Å². The van der Waals surface area contributed by atoms with Crippen molar-refractivity contribution in [2.45, 2.75) is 45.3 Å². The Labute approximate surface area is 112 Å². The molecule has 1 fully saturated rings. The van der Waals surface area contributed by atoms with Gasteiger partial charge < -0.3 is 10.4 Å². The molecule has 1 heterocycles. The molecular weight excluding hydrogens is 252 g/mol. The molecule has 1 aliphatic rings. The molecule has 3 atom stereocenters. The molecular formula is C12H22N2O3S. The van der Waals surface area contributed by atoms with E-state index in [2.05, 4.69) is 5.32 Å².